The third kappa shape index (κ3) is 2.20. The lowest BCUT2D eigenvalue weighted by Gasteiger charge is -2.07. The minimum atomic E-state index is 0.101. The number of anilines is 2. The summed E-state index contributed by atoms with van der Waals surface area (Å²) in [5, 5.41) is 0. The second kappa shape index (κ2) is 4.06. The molecule has 2 aromatic rings. The van der Waals surface area contributed by atoms with Crippen LogP contribution in [0.5, 0.6) is 11.6 Å². The van der Waals surface area contributed by atoms with Crippen LogP contribution in [0.4, 0.5) is 11.8 Å². The van der Waals surface area contributed by atoms with Crippen LogP contribution in [0.2, 0.25) is 0 Å². The van der Waals surface area contributed by atoms with E-state index in [1.807, 2.05) is 31.2 Å². The fourth-order valence-electron chi connectivity index (χ4n) is 1.30. The van der Waals surface area contributed by atoms with E-state index in [-0.39, 0.29) is 11.8 Å². The molecule has 5 heteroatoms. The third-order valence-corrected chi connectivity index (χ3v) is 2.05. The molecular weight excluding hydrogens is 204 g/mol. The Balaban J connectivity index is 2.30. The van der Waals surface area contributed by atoms with Gasteiger partial charge in [-0.2, -0.15) is 9.97 Å². The van der Waals surface area contributed by atoms with Gasteiger partial charge in [0.15, 0.2) is 0 Å². The average molecular weight is 216 g/mol. The smallest absolute Gasteiger partial charge is 0.226 e. The lowest BCUT2D eigenvalue weighted by Crippen LogP contribution is -2.01. The van der Waals surface area contributed by atoms with Gasteiger partial charge in [-0.1, -0.05) is 18.2 Å². The van der Waals surface area contributed by atoms with Crippen LogP contribution in [-0.2, 0) is 0 Å². The first-order valence-corrected chi connectivity index (χ1v) is 4.78. The molecule has 1 aromatic carbocycles. The van der Waals surface area contributed by atoms with Crippen molar-refractivity contribution in [3.8, 4) is 11.6 Å². The standard InChI is InChI=1S/C11H12N4O/c1-7-4-2-3-5-8(7)16-10-6-9(12)14-11(13)15-10/h2-6H,1H3,(H4,12,13,14,15). The maximum Gasteiger partial charge on any atom is 0.226 e. The quantitative estimate of drug-likeness (QED) is 0.798. The summed E-state index contributed by atoms with van der Waals surface area (Å²) in [7, 11) is 0. The SMILES string of the molecule is Cc1ccccc1Oc1cc(N)nc(N)n1. The zero-order valence-electron chi connectivity index (χ0n) is 8.84. The van der Waals surface area contributed by atoms with Crippen LogP contribution in [0.25, 0.3) is 0 Å². The number of benzene rings is 1. The van der Waals surface area contributed by atoms with Crippen LogP contribution < -0.4 is 16.2 Å². The first-order valence-electron chi connectivity index (χ1n) is 4.78. The number of rotatable bonds is 2. The van der Waals surface area contributed by atoms with Crippen molar-refractivity contribution in [3.05, 3.63) is 35.9 Å². The molecule has 0 spiro atoms. The fourth-order valence-corrected chi connectivity index (χ4v) is 1.30. The number of aryl methyl sites for hydroxylation is 1. The van der Waals surface area contributed by atoms with Gasteiger partial charge in [-0.05, 0) is 18.6 Å². The van der Waals surface area contributed by atoms with Crippen molar-refractivity contribution in [1.29, 1.82) is 0 Å². The molecule has 0 atom stereocenters. The van der Waals surface area contributed by atoms with Crippen molar-refractivity contribution < 1.29 is 4.74 Å². The van der Waals surface area contributed by atoms with Gasteiger partial charge in [-0.25, -0.2) is 0 Å². The number of para-hydroxylation sites is 1. The zero-order valence-corrected chi connectivity index (χ0v) is 8.84. The van der Waals surface area contributed by atoms with Crippen molar-refractivity contribution in [3.63, 3.8) is 0 Å². The van der Waals surface area contributed by atoms with Crippen LogP contribution in [0, 0.1) is 6.92 Å². The van der Waals surface area contributed by atoms with E-state index in [2.05, 4.69) is 9.97 Å². The van der Waals surface area contributed by atoms with Crippen molar-refractivity contribution in [2.45, 2.75) is 6.92 Å². The molecule has 0 fully saturated rings. The number of nitrogens with two attached hydrogens (primary N) is 2. The predicted octanol–water partition coefficient (Wildman–Crippen LogP) is 1.74. The molecule has 0 amide bonds. The first-order chi connectivity index (χ1) is 7.65. The lowest BCUT2D eigenvalue weighted by atomic mass is 10.2. The summed E-state index contributed by atoms with van der Waals surface area (Å²) in [4.78, 5) is 7.70. The Kier molecular flexibility index (Phi) is 2.59. The van der Waals surface area contributed by atoms with E-state index >= 15 is 0 Å². The first kappa shape index (κ1) is 10.2. The van der Waals surface area contributed by atoms with E-state index < -0.39 is 0 Å². The monoisotopic (exact) mass is 216 g/mol. The summed E-state index contributed by atoms with van der Waals surface area (Å²) in [6.45, 7) is 1.95. The maximum atomic E-state index is 5.56. The number of hydrogen-bond acceptors (Lipinski definition) is 5. The van der Waals surface area contributed by atoms with E-state index in [1.54, 1.807) is 0 Å². The molecule has 4 N–H and O–H groups in total. The van der Waals surface area contributed by atoms with E-state index in [9.17, 15) is 0 Å². The number of nitrogens with zero attached hydrogens (tertiary/aromatic N) is 2. The van der Waals surface area contributed by atoms with E-state index in [4.69, 9.17) is 16.2 Å². The Hall–Kier alpha value is -2.30. The van der Waals surface area contributed by atoms with Gasteiger partial charge < -0.3 is 16.2 Å². The van der Waals surface area contributed by atoms with Crippen molar-refractivity contribution in [2.75, 3.05) is 11.5 Å². The highest BCUT2D eigenvalue weighted by atomic mass is 16.5. The summed E-state index contributed by atoms with van der Waals surface area (Å²) in [6.07, 6.45) is 0. The summed E-state index contributed by atoms with van der Waals surface area (Å²) in [6, 6.07) is 9.15. The van der Waals surface area contributed by atoms with Crippen molar-refractivity contribution in [2.24, 2.45) is 0 Å². The molecule has 1 heterocycles. The van der Waals surface area contributed by atoms with Crippen molar-refractivity contribution >= 4 is 11.8 Å². The second-order valence-electron chi connectivity index (χ2n) is 3.36. The van der Waals surface area contributed by atoms with Crippen LogP contribution in [0.3, 0.4) is 0 Å². The van der Waals surface area contributed by atoms with Gasteiger partial charge in [0.25, 0.3) is 0 Å². The van der Waals surface area contributed by atoms with Gasteiger partial charge in [0.05, 0.1) is 0 Å². The molecular formula is C11H12N4O. The third-order valence-electron chi connectivity index (χ3n) is 2.05. The second-order valence-corrected chi connectivity index (χ2v) is 3.36. The Morgan fingerprint density at radius 1 is 1.12 bits per heavy atom. The van der Waals surface area contributed by atoms with Gasteiger partial charge in [0.2, 0.25) is 11.8 Å². The molecule has 82 valence electrons. The molecule has 0 aliphatic heterocycles. The fraction of sp³-hybridized carbons (Fsp3) is 0.0909. The molecule has 0 aliphatic rings. The molecule has 0 aliphatic carbocycles. The largest absolute Gasteiger partial charge is 0.439 e. The number of aromatic nitrogens is 2. The Bertz CT molecular complexity index is 493. The van der Waals surface area contributed by atoms with Crippen LogP contribution in [0.15, 0.2) is 30.3 Å². The Labute approximate surface area is 93.1 Å². The molecule has 0 bridgehead atoms. The highest BCUT2D eigenvalue weighted by Crippen LogP contribution is 2.24. The number of hydrogen-bond donors (Lipinski definition) is 2. The Morgan fingerprint density at radius 2 is 1.88 bits per heavy atom. The van der Waals surface area contributed by atoms with E-state index in [0.29, 0.717) is 5.88 Å². The lowest BCUT2D eigenvalue weighted by molar-refractivity contribution is 0.459. The van der Waals surface area contributed by atoms with Crippen molar-refractivity contribution in [1.82, 2.24) is 9.97 Å². The maximum absolute atomic E-state index is 5.56. The van der Waals surface area contributed by atoms with E-state index in [0.717, 1.165) is 11.3 Å². The topological polar surface area (TPSA) is 87.0 Å². The van der Waals surface area contributed by atoms with Gasteiger partial charge in [0.1, 0.15) is 11.6 Å². The number of nitrogen functional groups attached to an aromatic ring is 2. The summed E-state index contributed by atoms with van der Waals surface area (Å²) in [5.74, 6) is 1.46. The molecule has 0 saturated carbocycles. The molecule has 1 aromatic heterocycles. The molecule has 0 saturated heterocycles. The molecule has 0 radical (unpaired) electrons. The summed E-state index contributed by atoms with van der Waals surface area (Å²) < 4.78 is 5.56. The van der Waals surface area contributed by atoms with Crippen LogP contribution >= 0.6 is 0 Å². The van der Waals surface area contributed by atoms with E-state index in [1.165, 1.54) is 6.07 Å². The highest BCUT2D eigenvalue weighted by molar-refractivity contribution is 5.41. The summed E-state index contributed by atoms with van der Waals surface area (Å²) >= 11 is 0. The van der Waals surface area contributed by atoms with Crippen LogP contribution in [-0.4, -0.2) is 9.97 Å². The van der Waals surface area contributed by atoms with Gasteiger partial charge in [0, 0.05) is 6.07 Å². The van der Waals surface area contributed by atoms with Crippen LogP contribution in [0.1, 0.15) is 5.56 Å². The zero-order chi connectivity index (χ0) is 11.5. The normalized spacial score (nSPS) is 10.1. The molecule has 2 rings (SSSR count). The molecule has 16 heavy (non-hydrogen) atoms. The number of ether oxygens (including phenoxy) is 1. The van der Waals surface area contributed by atoms with Gasteiger partial charge in [-0.15, -0.1) is 0 Å². The summed E-state index contributed by atoms with van der Waals surface area (Å²) in [5.41, 5.74) is 12.0. The highest BCUT2D eigenvalue weighted by Gasteiger charge is 2.04. The molecule has 5 nitrogen and oxygen atoms in total. The minimum Gasteiger partial charge on any atom is -0.439 e. The molecule has 0 unspecified atom stereocenters. The minimum absolute atomic E-state index is 0.101. The van der Waals surface area contributed by atoms with Gasteiger partial charge in [-0.3, -0.25) is 0 Å². The van der Waals surface area contributed by atoms with Gasteiger partial charge >= 0.3 is 0 Å². The Morgan fingerprint density at radius 3 is 2.56 bits per heavy atom. The predicted molar refractivity (Wildman–Crippen MR) is 62.1 cm³/mol. The average Bonchev–Trinajstić information content (AvgIpc) is 2.20.